The Kier molecular flexibility index (Phi) is 4.43. The number of nitrogens with zero attached hydrogens (tertiary/aromatic N) is 7. The van der Waals surface area contributed by atoms with Crippen molar-refractivity contribution in [1.82, 2.24) is 29.1 Å². The van der Waals surface area contributed by atoms with Gasteiger partial charge in [0.15, 0.2) is 5.65 Å². The Balaban J connectivity index is 1.56. The number of fused-ring (bicyclic) bond motifs is 3. The number of hydrogen-bond acceptors (Lipinski definition) is 7. The summed E-state index contributed by atoms with van der Waals surface area (Å²) in [7, 11) is 0. The number of ether oxygens (including phenoxy) is 1. The van der Waals surface area contributed by atoms with Crippen LogP contribution in [-0.4, -0.2) is 42.2 Å². The second-order valence-electron chi connectivity index (χ2n) is 7.84. The quantitative estimate of drug-likeness (QED) is 0.456. The maximum Gasteiger partial charge on any atom is 0.237 e. The van der Waals surface area contributed by atoms with Crippen LogP contribution in [0.3, 0.4) is 0 Å². The van der Waals surface area contributed by atoms with Crippen molar-refractivity contribution in [2.75, 3.05) is 18.5 Å². The molecule has 2 aromatic carbocycles. The predicted molar refractivity (Wildman–Crippen MR) is 124 cm³/mol. The molecule has 0 saturated heterocycles. The summed E-state index contributed by atoms with van der Waals surface area (Å²) in [5.41, 5.74) is 4.66. The highest BCUT2D eigenvalue weighted by molar-refractivity contribution is 5.79. The van der Waals surface area contributed by atoms with Crippen LogP contribution in [0.5, 0.6) is 5.75 Å². The zero-order valence-corrected chi connectivity index (χ0v) is 17.9. The molecule has 6 rings (SSSR count). The number of benzene rings is 2. The Hall–Kier alpha value is -4.45. The molecule has 0 spiro atoms. The largest absolute Gasteiger partial charge is 0.493 e. The first-order valence-electron chi connectivity index (χ1n) is 10.8. The van der Waals surface area contributed by atoms with Crippen LogP contribution in [0.15, 0.2) is 55.0 Å². The zero-order valence-electron chi connectivity index (χ0n) is 17.9. The summed E-state index contributed by atoms with van der Waals surface area (Å²) in [5, 5.41) is 12.7. The first-order chi connectivity index (χ1) is 16.3. The van der Waals surface area contributed by atoms with Crippen LogP contribution in [0.4, 0.5) is 5.95 Å². The van der Waals surface area contributed by atoms with Gasteiger partial charge in [-0.05, 0) is 31.2 Å². The highest BCUT2D eigenvalue weighted by Crippen LogP contribution is 2.38. The number of nitriles is 1. The zero-order chi connectivity index (χ0) is 22.4. The van der Waals surface area contributed by atoms with E-state index in [0.29, 0.717) is 23.6 Å². The Morgan fingerprint density at radius 1 is 1.15 bits per heavy atom. The summed E-state index contributed by atoms with van der Waals surface area (Å²) in [5.74, 6) is 2.12. The van der Waals surface area contributed by atoms with E-state index in [2.05, 4.69) is 32.0 Å². The molecule has 0 amide bonds. The number of rotatable bonds is 4. The molecule has 9 heteroatoms. The van der Waals surface area contributed by atoms with E-state index in [1.165, 1.54) is 0 Å². The van der Waals surface area contributed by atoms with Crippen molar-refractivity contribution >= 4 is 28.1 Å². The van der Waals surface area contributed by atoms with Crippen molar-refractivity contribution in [3.63, 3.8) is 0 Å². The molecule has 0 radical (unpaired) electrons. The fourth-order valence-corrected chi connectivity index (χ4v) is 4.40. The van der Waals surface area contributed by atoms with Crippen molar-refractivity contribution in [2.45, 2.75) is 19.4 Å². The van der Waals surface area contributed by atoms with E-state index in [0.717, 1.165) is 46.9 Å². The topological polar surface area (TPSA) is 106 Å². The molecule has 33 heavy (non-hydrogen) atoms. The third-order valence-electron chi connectivity index (χ3n) is 5.89. The van der Waals surface area contributed by atoms with Gasteiger partial charge in [-0.1, -0.05) is 18.2 Å². The molecule has 162 valence electrons. The monoisotopic (exact) mass is 436 g/mol. The Labute approximate surface area is 189 Å². The maximum absolute atomic E-state index is 9.31. The fourth-order valence-electron chi connectivity index (χ4n) is 4.40. The van der Waals surface area contributed by atoms with Gasteiger partial charge in [-0.2, -0.15) is 10.2 Å². The van der Waals surface area contributed by atoms with E-state index in [-0.39, 0.29) is 6.04 Å². The van der Waals surface area contributed by atoms with Gasteiger partial charge in [-0.25, -0.2) is 15.0 Å². The summed E-state index contributed by atoms with van der Waals surface area (Å²) in [6, 6.07) is 15.7. The van der Waals surface area contributed by atoms with Crippen molar-refractivity contribution in [3.05, 3.63) is 66.1 Å². The van der Waals surface area contributed by atoms with Crippen LogP contribution in [-0.2, 0) is 0 Å². The lowest BCUT2D eigenvalue weighted by molar-refractivity contribution is 0.258. The van der Waals surface area contributed by atoms with Crippen LogP contribution in [0, 0.1) is 11.3 Å². The van der Waals surface area contributed by atoms with Gasteiger partial charge in [0.25, 0.3) is 0 Å². The van der Waals surface area contributed by atoms with Crippen molar-refractivity contribution < 1.29 is 4.74 Å². The third kappa shape index (κ3) is 3.07. The number of anilines is 1. The molecule has 9 nitrogen and oxygen atoms in total. The minimum Gasteiger partial charge on any atom is -0.493 e. The standard InChI is InChI=1S/C24H20N8O/c1-2-26-24-29-18-13-27-23(31-14-28-17-8-7-15(12-25)11-20(17)31)30-22(18)32(24)19-9-10-33-21-6-4-3-5-16(19)21/h3-8,11,13-14,19H,2,9-10H2,1H3,(H,26,29)/t19-/m1/s1. The number of imidazole rings is 2. The van der Waals surface area contributed by atoms with Gasteiger partial charge in [0.1, 0.15) is 17.6 Å². The highest BCUT2D eigenvalue weighted by atomic mass is 16.5. The lowest BCUT2D eigenvalue weighted by Gasteiger charge is -2.28. The minimum absolute atomic E-state index is 0.0291. The van der Waals surface area contributed by atoms with E-state index in [4.69, 9.17) is 14.7 Å². The summed E-state index contributed by atoms with van der Waals surface area (Å²) in [4.78, 5) is 18.7. The van der Waals surface area contributed by atoms with Crippen LogP contribution >= 0.6 is 0 Å². The fraction of sp³-hybridized carbons (Fsp3) is 0.208. The average Bonchev–Trinajstić information content (AvgIpc) is 3.44. The molecule has 4 heterocycles. The van der Waals surface area contributed by atoms with Gasteiger partial charge in [-0.3, -0.25) is 9.13 Å². The van der Waals surface area contributed by atoms with E-state index < -0.39 is 0 Å². The van der Waals surface area contributed by atoms with E-state index >= 15 is 0 Å². The molecule has 1 N–H and O–H groups in total. The van der Waals surface area contributed by atoms with Gasteiger partial charge < -0.3 is 10.1 Å². The molecule has 0 aliphatic carbocycles. The van der Waals surface area contributed by atoms with Crippen LogP contribution in [0.1, 0.15) is 30.5 Å². The van der Waals surface area contributed by atoms with Crippen molar-refractivity contribution in [1.29, 1.82) is 5.26 Å². The van der Waals surface area contributed by atoms with Crippen molar-refractivity contribution in [3.8, 4) is 17.8 Å². The van der Waals surface area contributed by atoms with Gasteiger partial charge >= 0.3 is 0 Å². The molecule has 0 unspecified atom stereocenters. The summed E-state index contributed by atoms with van der Waals surface area (Å²) in [6.07, 6.45) is 4.22. The molecule has 0 saturated carbocycles. The van der Waals surface area contributed by atoms with E-state index in [1.807, 2.05) is 31.2 Å². The smallest absolute Gasteiger partial charge is 0.237 e. The molecular weight excluding hydrogens is 416 g/mol. The second-order valence-corrected chi connectivity index (χ2v) is 7.84. The third-order valence-corrected chi connectivity index (χ3v) is 5.89. The van der Waals surface area contributed by atoms with Crippen LogP contribution < -0.4 is 10.1 Å². The maximum atomic E-state index is 9.31. The van der Waals surface area contributed by atoms with Crippen LogP contribution in [0.25, 0.3) is 28.1 Å². The molecular formula is C24H20N8O. The Bertz CT molecular complexity index is 1540. The molecule has 0 bridgehead atoms. The second kappa shape index (κ2) is 7.60. The minimum atomic E-state index is 0.0291. The first-order valence-corrected chi connectivity index (χ1v) is 10.8. The molecule has 1 aliphatic heterocycles. The molecule has 1 atom stereocenters. The Morgan fingerprint density at radius 2 is 2.06 bits per heavy atom. The SMILES string of the molecule is CCNc1nc2cnc(-n3cnc4ccc(C#N)cc43)nc2n1[C@@H]1CCOc2ccccc21. The average molecular weight is 436 g/mol. The predicted octanol–water partition coefficient (Wildman–Crippen LogP) is 3.84. The lowest BCUT2D eigenvalue weighted by atomic mass is 10.0. The lowest BCUT2D eigenvalue weighted by Crippen LogP contribution is -2.22. The molecule has 5 aromatic rings. The first kappa shape index (κ1) is 19.3. The van der Waals surface area contributed by atoms with Gasteiger partial charge in [0.2, 0.25) is 11.9 Å². The van der Waals surface area contributed by atoms with Gasteiger partial charge in [0, 0.05) is 18.5 Å². The van der Waals surface area contributed by atoms with Gasteiger partial charge in [-0.15, -0.1) is 0 Å². The van der Waals surface area contributed by atoms with Crippen LogP contribution in [0.2, 0.25) is 0 Å². The van der Waals surface area contributed by atoms with Gasteiger partial charge in [0.05, 0.1) is 41.5 Å². The number of hydrogen-bond donors (Lipinski definition) is 1. The van der Waals surface area contributed by atoms with Crippen molar-refractivity contribution in [2.24, 2.45) is 0 Å². The molecule has 1 aliphatic rings. The molecule has 0 fully saturated rings. The highest BCUT2D eigenvalue weighted by Gasteiger charge is 2.28. The number of para-hydroxylation sites is 1. The van der Waals surface area contributed by atoms with E-state index in [1.54, 1.807) is 29.2 Å². The normalized spacial score (nSPS) is 15.2. The number of aromatic nitrogens is 6. The summed E-state index contributed by atoms with van der Waals surface area (Å²) >= 11 is 0. The Morgan fingerprint density at radius 3 is 2.94 bits per heavy atom. The molecule has 3 aromatic heterocycles. The van der Waals surface area contributed by atoms with E-state index in [9.17, 15) is 5.26 Å². The number of nitrogens with one attached hydrogen (secondary N) is 1. The summed E-state index contributed by atoms with van der Waals surface area (Å²) in [6.45, 7) is 3.40. The summed E-state index contributed by atoms with van der Waals surface area (Å²) < 4.78 is 9.84.